The average Bonchev–Trinajstić information content (AvgIpc) is 2.63. The topological polar surface area (TPSA) is 33.0 Å². The van der Waals surface area contributed by atoms with Crippen LogP contribution in [-0.4, -0.2) is 6.61 Å². The van der Waals surface area contributed by atoms with Crippen LogP contribution in [0.4, 0.5) is 0 Å². The van der Waals surface area contributed by atoms with Gasteiger partial charge in [-0.2, -0.15) is 5.26 Å². The molecule has 0 heterocycles. The minimum Gasteiger partial charge on any atom is -0.493 e. The van der Waals surface area contributed by atoms with E-state index in [0.717, 1.165) is 29.5 Å². The second-order valence-electron chi connectivity index (χ2n) is 6.01. The molecule has 0 aliphatic rings. The highest BCUT2D eigenvalue weighted by molar-refractivity contribution is 5.88. The van der Waals surface area contributed by atoms with E-state index in [1.807, 2.05) is 36.4 Å². The molecule has 3 rings (SSSR count). The molecule has 0 aromatic heterocycles. The minimum absolute atomic E-state index is 0.0673. The molecule has 0 fully saturated rings. The zero-order valence-electron chi connectivity index (χ0n) is 13.9. The Morgan fingerprint density at radius 2 is 1.71 bits per heavy atom. The Balaban J connectivity index is 1.60. The van der Waals surface area contributed by atoms with Crippen molar-refractivity contribution in [3.63, 3.8) is 0 Å². The molecule has 0 aliphatic heterocycles. The number of fused-ring (bicyclic) bond motifs is 1. The van der Waals surface area contributed by atoms with E-state index in [0.29, 0.717) is 6.61 Å². The Labute approximate surface area is 143 Å². The maximum atomic E-state index is 9.47. The van der Waals surface area contributed by atoms with E-state index in [9.17, 15) is 5.26 Å². The number of nitriles is 1. The lowest BCUT2D eigenvalue weighted by atomic mass is 9.92. The molecule has 2 nitrogen and oxygen atoms in total. The zero-order chi connectivity index (χ0) is 16.8. The second kappa shape index (κ2) is 7.66. The number of benzene rings is 3. The lowest BCUT2D eigenvalue weighted by molar-refractivity contribution is 0.308. The summed E-state index contributed by atoms with van der Waals surface area (Å²) in [4.78, 5) is 0. The van der Waals surface area contributed by atoms with Gasteiger partial charge >= 0.3 is 0 Å². The summed E-state index contributed by atoms with van der Waals surface area (Å²) in [6.45, 7) is 2.68. The first-order chi connectivity index (χ1) is 11.8. The van der Waals surface area contributed by atoms with Gasteiger partial charge in [-0.15, -0.1) is 0 Å². The van der Waals surface area contributed by atoms with Gasteiger partial charge in [0.15, 0.2) is 0 Å². The van der Waals surface area contributed by atoms with Crippen LogP contribution in [0.1, 0.15) is 29.9 Å². The van der Waals surface area contributed by atoms with Crippen LogP contribution in [0, 0.1) is 18.3 Å². The highest BCUT2D eigenvalue weighted by Gasteiger charge is 2.12. The summed E-state index contributed by atoms with van der Waals surface area (Å²) >= 11 is 0. The molecule has 3 aromatic rings. The lowest BCUT2D eigenvalue weighted by Crippen LogP contribution is -2.03. The van der Waals surface area contributed by atoms with Crippen molar-refractivity contribution in [2.75, 3.05) is 6.61 Å². The van der Waals surface area contributed by atoms with E-state index < -0.39 is 0 Å². The summed E-state index contributed by atoms with van der Waals surface area (Å²) in [5, 5.41) is 11.8. The molecular weight excluding hydrogens is 294 g/mol. The van der Waals surface area contributed by atoms with Crippen molar-refractivity contribution in [3.05, 3.63) is 77.9 Å². The number of hydrogen-bond donors (Lipinski definition) is 0. The molecule has 0 saturated heterocycles. The molecule has 0 spiro atoms. The van der Waals surface area contributed by atoms with Crippen LogP contribution in [0.25, 0.3) is 10.8 Å². The quantitative estimate of drug-likeness (QED) is 0.553. The molecular formula is C22H21NO. The summed E-state index contributed by atoms with van der Waals surface area (Å²) in [6.07, 6.45) is 1.67. The van der Waals surface area contributed by atoms with Crippen LogP contribution in [0.5, 0.6) is 5.75 Å². The average molecular weight is 315 g/mol. The number of ether oxygens (including phenoxy) is 1. The Morgan fingerprint density at radius 3 is 2.54 bits per heavy atom. The van der Waals surface area contributed by atoms with Crippen molar-refractivity contribution in [2.24, 2.45) is 0 Å². The van der Waals surface area contributed by atoms with Gasteiger partial charge in [0.05, 0.1) is 18.6 Å². The van der Waals surface area contributed by atoms with Crippen LogP contribution in [0.15, 0.2) is 66.7 Å². The van der Waals surface area contributed by atoms with E-state index in [2.05, 4.69) is 43.3 Å². The van der Waals surface area contributed by atoms with Gasteiger partial charge in [0.2, 0.25) is 0 Å². The Morgan fingerprint density at radius 1 is 0.958 bits per heavy atom. The van der Waals surface area contributed by atoms with Crippen molar-refractivity contribution in [1.82, 2.24) is 0 Å². The Hall–Kier alpha value is -2.79. The first-order valence-electron chi connectivity index (χ1n) is 8.35. The van der Waals surface area contributed by atoms with Gasteiger partial charge in [0, 0.05) is 5.39 Å². The number of nitrogens with zero attached hydrogens (tertiary/aromatic N) is 1. The van der Waals surface area contributed by atoms with E-state index in [1.165, 1.54) is 10.9 Å². The minimum atomic E-state index is -0.0673. The predicted octanol–water partition coefficient (Wildman–Crippen LogP) is 5.61. The Bertz CT molecular complexity index is 858. The normalized spacial score (nSPS) is 11.8. The summed E-state index contributed by atoms with van der Waals surface area (Å²) < 4.78 is 5.97. The largest absolute Gasteiger partial charge is 0.493 e. The summed E-state index contributed by atoms with van der Waals surface area (Å²) in [6, 6.07) is 24.9. The molecule has 24 heavy (non-hydrogen) atoms. The SMILES string of the molecule is Cc1ccccc1C(C#N)CCCOc1cccc2ccccc12. The van der Waals surface area contributed by atoms with Crippen LogP contribution in [-0.2, 0) is 0 Å². The maximum absolute atomic E-state index is 9.47. The van der Waals surface area contributed by atoms with Gasteiger partial charge in [-0.1, -0.05) is 60.7 Å². The molecule has 0 N–H and O–H groups in total. The molecule has 0 radical (unpaired) electrons. The summed E-state index contributed by atoms with van der Waals surface area (Å²) in [5.41, 5.74) is 2.31. The molecule has 1 atom stereocenters. The number of hydrogen-bond acceptors (Lipinski definition) is 2. The standard InChI is InChI=1S/C22H21NO/c1-17-8-2-4-12-20(17)19(16-23)11-7-15-24-22-14-6-10-18-9-3-5-13-21(18)22/h2-6,8-10,12-14,19H,7,11,15H2,1H3. The van der Waals surface area contributed by atoms with Crippen LogP contribution in [0.3, 0.4) is 0 Å². The van der Waals surface area contributed by atoms with E-state index in [-0.39, 0.29) is 5.92 Å². The van der Waals surface area contributed by atoms with Crippen molar-refractivity contribution < 1.29 is 4.74 Å². The Kier molecular flexibility index (Phi) is 5.13. The van der Waals surface area contributed by atoms with Gasteiger partial charge in [-0.05, 0) is 42.3 Å². The molecule has 120 valence electrons. The molecule has 0 saturated carbocycles. The second-order valence-corrected chi connectivity index (χ2v) is 6.01. The van der Waals surface area contributed by atoms with Gasteiger partial charge < -0.3 is 4.74 Å². The zero-order valence-corrected chi connectivity index (χ0v) is 13.9. The summed E-state index contributed by atoms with van der Waals surface area (Å²) in [7, 11) is 0. The first-order valence-corrected chi connectivity index (χ1v) is 8.35. The summed E-state index contributed by atoms with van der Waals surface area (Å²) in [5.74, 6) is 0.847. The van der Waals surface area contributed by atoms with Crippen LogP contribution < -0.4 is 4.74 Å². The molecule has 2 heteroatoms. The van der Waals surface area contributed by atoms with E-state index in [4.69, 9.17) is 4.74 Å². The third-order valence-corrected chi connectivity index (χ3v) is 4.36. The fourth-order valence-electron chi connectivity index (χ4n) is 3.06. The monoisotopic (exact) mass is 315 g/mol. The third-order valence-electron chi connectivity index (χ3n) is 4.36. The molecule has 0 amide bonds. The highest BCUT2D eigenvalue weighted by Crippen LogP contribution is 2.27. The van der Waals surface area contributed by atoms with Gasteiger partial charge in [-0.25, -0.2) is 0 Å². The van der Waals surface area contributed by atoms with Gasteiger partial charge in [-0.3, -0.25) is 0 Å². The fourth-order valence-corrected chi connectivity index (χ4v) is 3.06. The molecule has 1 unspecified atom stereocenters. The van der Waals surface area contributed by atoms with Gasteiger partial charge in [0.25, 0.3) is 0 Å². The van der Waals surface area contributed by atoms with Gasteiger partial charge in [0.1, 0.15) is 5.75 Å². The molecule has 0 aliphatic carbocycles. The maximum Gasteiger partial charge on any atom is 0.127 e. The van der Waals surface area contributed by atoms with Crippen molar-refractivity contribution in [3.8, 4) is 11.8 Å². The fraction of sp³-hybridized carbons (Fsp3) is 0.227. The highest BCUT2D eigenvalue weighted by atomic mass is 16.5. The van der Waals surface area contributed by atoms with Crippen molar-refractivity contribution in [1.29, 1.82) is 5.26 Å². The van der Waals surface area contributed by atoms with E-state index >= 15 is 0 Å². The molecule has 3 aromatic carbocycles. The molecule has 0 bridgehead atoms. The van der Waals surface area contributed by atoms with Crippen LogP contribution in [0.2, 0.25) is 0 Å². The number of rotatable bonds is 6. The van der Waals surface area contributed by atoms with E-state index in [1.54, 1.807) is 0 Å². The van der Waals surface area contributed by atoms with Crippen LogP contribution >= 0.6 is 0 Å². The first kappa shape index (κ1) is 16.1. The predicted molar refractivity (Wildman–Crippen MR) is 98.2 cm³/mol. The third kappa shape index (κ3) is 3.58. The van der Waals surface area contributed by atoms with Crippen molar-refractivity contribution >= 4 is 10.8 Å². The lowest BCUT2D eigenvalue weighted by Gasteiger charge is -2.13. The van der Waals surface area contributed by atoms with Crippen molar-refractivity contribution in [2.45, 2.75) is 25.7 Å². The smallest absolute Gasteiger partial charge is 0.127 e. The number of aryl methyl sites for hydroxylation is 1.